The van der Waals surface area contributed by atoms with Crippen LogP contribution < -0.4 is 10.6 Å². The highest BCUT2D eigenvalue weighted by molar-refractivity contribution is 6.07. The Labute approximate surface area is 254 Å². The minimum atomic E-state index is -0.991. The van der Waals surface area contributed by atoms with Crippen LogP contribution in [0, 0.1) is 35.2 Å². The zero-order chi connectivity index (χ0) is 30.9. The van der Waals surface area contributed by atoms with Crippen LogP contribution in [0.15, 0.2) is 24.3 Å². The van der Waals surface area contributed by atoms with Gasteiger partial charge in [0.25, 0.3) is 5.91 Å². The number of nitrogens with one attached hydrogen (secondary N) is 2. The molecule has 2 N–H and O–H groups in total. The maximum absolute atomic E-state index is 14.3. The highest BCUT2D eigenvalue weighted by Crippen LogP contribution is 2.60. The Bertz CT molecular complexity index is 1360. The van der Waals surface area contributed by atoms with E-state index in [1.54, 1.807) is 14.0 Å². The number of fused-ring (bicyclic) bond motifs is 2. The molecule has 43 heavy (non-hydrogen) atoms. The normalized spacial score (nSPS) is 33.5. The molecule has 4 amide bonds. The average molecular weight is 588 g/mol. The summed E-state index contributed by atoms with van der Waals surface area (Å²) in [6.07, 6.45) is 6.21. The lowest BCUT2D eigenvalue weighted by atomic mass is 9.49. The standard InChI is InChI=1S/C34H45N5O4/c1-20(36-30(42)33-14-21-11-22(15-33)13-23(12-21)16-33)28(40)38(6)26(17-32(2,3)4)29(41)39-19-34(18-27(39)35-5)24-9-7-8-10-25(24)37-31(34)43/h7-10,20-23,26-27H,11-19H2,1-4,6H3,(H,36,42)(H,37,43)/t20-,21?,22?,23?,26-,27-,33?,34-/m0/s1. The summed E-state index contributed by atoms with van der Waals surface area (Å²) in [6.45, 7) is 15.8. The summed E-state index contributed by atoms with van der Waals surface area (Å²) in [6, 6.07) is 5.82. The van der Waals surface area contributed by atoms with Gasteiger partial charge in [-0.25, -0.2) is 6.57 Å². The third-order valence-corrected chi connectivity index (χ3v) is 11.0. The third-order valence-electron chi connectivity index (χ3n) is 11.0. The number of anilines is 1. The van der Waals surface area contributed by atoms with E-state index in [2.05, 4.69) is 15.5 Å². The molecule has 4 atom stereocenters. The fourth-order valence-corrected chi connectivity index (χ4v) is 9.38. The highest BCUT2D eigenvalue weighted by atomic mass is 16.2. The lowest BCUT2D eigenvalue weighted by molar-refractivity contribution is -0.151. The van der Waals surface area contributed by atoms with Crippen molar-refractivity contribution in [2.75, 3.05) is 18.9 Å². The number of hydrogen-bond acceptors (Lipinski definition) is 4. The van der Waals surface area contributed by atoms with E-state index >= 15 is 0 Å². The van der Waals surface area contributed by atoms with Crippen LogP contribution in [0.25, 0.3) is 4.85 Å². The smallest absolute Gasteiger partial charge is 0.302 e. The van der Waals surface area contributed by atoms with Gasteiger partial charge in [0, 0.05) is 24.7 Å². The second-order valence-electron chi connectivity index (χ2n) is 15.5. The molecule has 0 aromatic heterocycles. The summed E-state index contributed by atoms with van der Waals surface area (Å²) in [5.41, 5.74) is -0.138. The molecule has 1 spiro atoms. The van der Waals surface area contributed by atoms with Crippen molar-refractivity contribution in [1.82, 2.24) is 15.1 Å². The molecule has 9 nitrogen and oxygen atoms in total. The first kappa shape index (κ1) is 29.7. The van der Waals surface area contributed by atoms with E-state index in [9.17, 15) is 19.2 Å². The molecule has 1 aromatic rings. The summed E-state index contributed by atoms with van der Waals surface area (Å²) in [5.74, 6) is 0.987. The Kier molecular flexibility index (Phi) is 7.14. The summed E-state index contributed by atoms with van der Waals surface area (Å²) in [5, 5.41) is 6.00. The van der Waals surface area contributed by atoms with Gasteiger partial charge < -0.3 is 15.5 Å². The molecule has 2 heterocycles. The maximum atomic E-state index is 14.3. The third kappa shape index (κ3) is 5.01. The van der Waals surface area contributed by atoms with Crippen LogP contribution in [-0.4, -0.2) is 65.3 Å². The van der Waals surface area contributed by atoms with Crippen molar-refractivity contribution in [3.63, 3.8) is 0 Å². The van der Waals surface area contributed by atoms with Gasteiger partial charge in [0.05, 0.1) is 6.42 Å². The SMILES string of the molecule is [C-]#[N+][C@@H]1C[C@@]2(CN1C(=O)[C@H](CC(C)(C)C)N(C)C(=O)[C@H](C)NC(=O)C13CC4CC(CC(C4)C1)C3)C(=O)Nc1ccccc12. The van der Waals surface area contributed by atoms with Crippen LogP contribution in [0.5, 0.6) is 0 Å². The van der Waals surface area contributed by atoms with Gasteiger partial charge in [-0.15, -0.1) is 0 Å². The Morgan fingerprint density at radius 1 is 1.09 bits per heavy atom. The first-order valence-electron chi connectivity index (χ1n) is 15.9. The monoisotopic (exact) mass is 587 g/mol. The predicted molar refractivity (Wildman–Crippen MR) is 162 cm³/mol. The van der Waals surface area contributed by atoms with Crippen molar-refractivity contribution < 1.29 is 19.2 Å². The molecule has 0 radical (unpaired) electrons. The second-order valence-corrected chi connectivity index (χ2v) is 15.5. The summed E-state index contributed by atoms with van der Waals surface area (Å²) < 4.78 is 0. The average Bonchev–Trinajstić information content (AvgIpc) is 3.47. The van der Waals surface area contributed by atoms with Crippen LogP contribution in [0.3, 0.4) is 0 Å². The first-order chi connectivity index (χ1) is 20.2. The highest BCUT2D eigenvalue weighted by Gasteiger charge is 2.59. The van der Waals surface area contributed by atoms with Crippen molar-refractivity contribution in [2.45, 2.75) is 103 Å². The molecule has 7 rings (SSSR count). The van der Waals surface area contributed by atoms with E-state index in [1.807, 2.05) is 45.0 Å². The van der Waals surface area contributed by atoms with Crippen LogP contribution in [-0.2, 0) is 24.6 Å². The lowest BCUT2D eigenvalue weighted by Gasteiger charge is -2.55. The fraction of sp³-hybridized carbons (Fsp3) is 0.676. The van der Waals surface area contributed by atoms with Gasteiger partial charge in [-0.3, -0.25) is 28.9 Å². The predicted octanol–water partition coefficient (Wildman–Crippen LogP) is 4.34. The molecule has 1 saturated heterocycles. The first-order valence-corrected chi connectivity index (χ1v) is 15.9. The second kappa shape index (κ2) is 10.3. The van der Waals surface area contributed by atoms with Gasteiger partial charge in [-0.05, 0) is 86.7 Å². The number of carbonyl (C=O) groups is 4. The number of hydrogen-bond donors (Lipinski definition) is 2. The number of rotatable bonds is 6. The fourth-order valence-electron chi connectivity index (χ4n) is 9.38. The van der Waals surface area contributed by atoms with Gasteiger partial charge >= 0.3 is 6.17 Å². The number of likely N-dealkylation sites (N-methyl/N-ethyl adjacent to an activating group) is 1. The van der Waals surface area contributed by atoms with Crippen molar-refractivity contribution in [3.05, 3.63) is 41.2 Å². The van der Waals surface area contributed by atoms with E-state index in [0.717, 1.165) is 24.8 Å². The minimum absolute atomic E-state index is 0.0139. The topological polar surface area (TPSA) is 103 Å². The number of benzene rings is 1. The van der Waals surface area contributed by atoms with Crippen LogP contribution >= 0.6 is 0 Å². The van der Waals surface area contributed by atoms with Gasteiger partial charge in [0.1, 0.15) is 17.5 Å². The Morgan fingerprint density at radius 2 is 1.70 bits per heavy atom. The molecular weight excluding hydrogens is 542 g/mol. The molecule has 5 fully saturated rings. The van der Waals surface area contributed by atoms with Gasteiger partial charge in [-0.2, -0.15) is 0 Å². The molecule has 2 aliphatic heterocycles. The number of carbonyl (C=O) groups excluding carboxylic acids is 4. The summed E-state index contributed by atoms with van der Waals surface area (Å²) in [4.78, 5) is 62.0. The van der Waals surface area contributed by atoms with Gasteiger partial charge in [-0.1, -0.05) is 39.0 Å². The minimum Gasteiger partial charge on any atom is -0.344 e. The molecule has 4 aliphatic carbocycles. The zero-order valence-electron chi connectivity index (χ0n) is 26.1. The number of likely N-dealkylation sites (tertiary alicyclic amines) is 1. The van der Waals surface area contributed by atoms with E-state index in [0.29, 0.717) is 29.9 Å². The Hall–Kier alpha value is -3.41. The largest absolute Gasteiger partial charge is 0.344 e. The van der Waals surface area contributed by atoms with E-state index in [-0.39, 0.29) is 47.4 Å². The Balaban J connectivity index is 1.21. The number of nitrogens with zero attached hydrogens (tertiary/aromatic N) is 3. The van der Waals surface area contributed by atoms with Gasteiger partial charge in [0.15, 0.2) is 0 Å². The molecule has 6 aliphatic rings. The van der Waals surface area contributed by atoms with E-state index in [1.165, 1.54) is 29.1 Å². The van der Waals surface area contributed by atoms with Crippen LogP contribution in [0.4, 0.5) is 5.69 Å². The molecular formula is C34H45N5O4. The number of para-hydroxylation sites is 1. The van der Waals surface area contributed by atoms with E-state index < -0.39 is 23.7 Å². The molecule has 4 bridgehead atoms. The van der Waals surface area contributed by atoms with E-state index in [4.69, 9.17) is 6.57 Å². The Morgan fingerprint density at radius 3 is 2.28 bits per heavy atom. The summed E-state index contributed by atoms with van der Waals surface area (Å²) in [7, 11) is 1.63. The zero-order valence-corrected chi connectivity index (χ0v) is 26.1. The quantitative estimate of drug-likeness (QED) is 0.484. The van der Waals surface area contributed by atoms with Crippen molar-refractivity contribution >= 4 is 29.3 Å². The molecule has 1 aromatic carbocycles. The van der Waals surface area contributed by atoms with Crippen molar-refractivity contribution in [2.24, 2.45) is 28.6 Å². The summed E-state index contributed by atoms with van der Waals surface area (Å²) >= 11 is 0. The van der Waals surface area contributed by atoms with Crippen molar-refractivity contribution in [1.29, 1.82) is 0 Å². The molecule has 4 saturated carbocycles. The lowest BCUT2D eigenvalue weighted by Crippen LogP contribution is -2.59. The molecule has 230 valence electrons. The van der Waals surface area contributed by atoms with Crippen LogP contribution in [0.2, 0.25) is 0 Å². The number of amides is 4. The van der Waals surface area contributed by atoms with Crippen molar-refractivity contribution in [3.8, 4) is 0 Å². The maximum Gasteiger partial charge on any atom is 0.302 e. The molecule has 0 unspecified atom stereocenters. The van der Waals surface area contributed by atoms with Gasteiger partial charge in [0.2, 0.25) is 17.7 Å². The molecule has 9 heteroatoms. The van der Waals surface area contributed by atoms with Crippen LogP contribution in [0.1, 0.15) is 84.6 Å².